The molecule has 1 aliphatic heterocycles. The number of carbonyl (C=O) groups is 9. The molecule has 5 amide bonds. The van der Waals surface area contributed by atoms with Gasteiger partial charge in [0.05, 0.1) is 46.2 Å². The lowest BCUT2D eigenvalue weighted by Crippen LogP contribution is -2.45. The monoisotopic (exact) mass is 1000 g/mol. The minimum atomic E-state index is -1.56. The van der Waals surface area contributed by atoms with Crippen LogP contribution >= 0.6 is 0 Å². The Kier molecular flexibility index (Phi) is 36.6. The van der Waals surface area contributed by atoms with Gasteiger partial charge in [-0.2, -0.15) is 0 Å². The summed E-state index contributed by atoms with van der Waals surface area (Å²) >= 11 is 0. The summed E-state index contributed by atoms with van der Waals surface area (Å²) in [5.41, 5.74) is 5.49. The van der Waals surface area contributed by atoms with Gasteiger partial charge in [-0.3, -0.25) is 28.8 Å². The number of epoxide rings is 1. The van der Waals surface area contributed by atoms with Crippen molar-refractivity contribution in [3.05, 3.63) is 0 Å². The second kappa shape index (κ2) is 40.7. The van der Waals surface area contributed by atoms with Crippen molar-refractivity contribution in [2.24, 2.45) is 5.73 Å². The van der Waals surface area contributed by atoms with Gasteiger partial charge in [-0.15, -0.1) is 0 Å². The summed E-state index contributed by atoms with van der Waals surface area (Å²) in [7, 11) is 0. The molecule has 1 fully saturated rings. The zero-order valence-corrected chi connectivity index (χ0v) is 40.6. The normalized spacial score (nSPS) is 15.2. The fourth-order valence-corrected chi connectivity index (χ4v) is 6.84. The summed E-state index contributed by atoms with van der Waals surface area (Å²) in [5.74, 6) is -7.98. The lowest BCUT2D eigenvalue weighted by atomic mass is 10.0. The largest absolute Gasteiger partial charge is 0.481 e. The molecule has 0 aromatic rings. The maximum Gasteiger partial charge on any atom is 0.326 e. The quantitative estimate of drug-likeness (QED) is 0.0304. The molecule has 1 saturated heterocycles. The predicted octanol–water partition coefficient (Wildman–Crippen LogP) is 1.34. The summed E-state index contributed by atoms with van der Waals surface area (Å²) in [6.45, 7) is 2.02. The van der Waals surface area contributed by atoms with Crippen LogP contribution in [-0.4, -0.2) is 170 Å². The average Bonchev–Trinajstić information content (AvgIpc) is 4.02. The first kappa shape index (κ1) is 63.0. The third-order valence-corrected chi connectivity index (χ3v) is 10.9. The van der Waals surface area contributed by atoms with Crippen LogP contribution in [0.3, 0.4) is 0 Å². The molecule has 402 valence electrons. The fraction of sp³-hybridized carbons (Fsp3) is 0.804. The topological polar surface area (TPSA) is 370 Å². The predicted molar refractivity (Wildman–Crippen MR) is 250 cm³/mol. The van der Waals surface area contributed by atoms with Crippen molar-refractivity contribution in [2.75, 3.05) is 65.9 Å². The van der Waals surface area contributed by atoms with Gasteiger partial charge in [-0.1, -0.05) is 77.0 Å². The standard InChI is InChI=1S/C46H80N6O18/c47-43-36(70-43)31-68-29-27-67-26-24-49-41(57)32-69-30-28-66-25-23-48-37(53)20-17-33(44(60)61)51-39(55)22-19-35(46(64)65)52-40(56)21-18-34(45(62)63)50-38(54)15-13-11-9-7-5-3-1-2-4-6-8-10-12-14-16-42(58)59/h33-36,43H,1-32,47H2,(H,48,53)(H,49,57)(H,50,54)(H,51,55)(H,52,56)(H,58,59)(H,60,61)(H,62,63)(H,64,65)/t33?,34-,35-,36?,43?/m0/s1. The minimum absolute atomic E-state index is 0.0564. The summed E-state index contributed by atoms with van der Waals surface area (Å²) in [5, 5.41) is 49.5. The molecule has 0 radical (unpaired) electrons. The second-order valence-electron chi connectivity index (χ2n) is 17.0. The number of nitrogens with two attached hydrogens (primary N) is 1. The van der Waals surface area contributed by atoms with Gasteiger partial charge >= 0.3 is 23.9 Å². The number of hydrogen-bond donors (Lipinski definition) is 10. The van der Waals surface area contributed by atoms with E-state index in [2.05, 4.69) is 26.6 Å². The summed E-state index contributed by atoms with van der Waals surface area (Å²) in [4.78, 5) is 108. The van der Waals surface area contributed by atoms with E-state index in [0.717, 1.165) is 57.8 Å². The van der Waals surface area contributed by atoms with E-state index in [9.17, 15) is 58.5 Å². The molecule has 0 spiro atoms. The molecule has 1 aliphatic rings. The number of hydrogen-bond acceptors (Lipinski definition) is 15. The van der Waals surface area contributed by atoms with Gasteiger partial charge in [0.2, 0.25) is 29.5 Å². The number of rotatable bonds is 48. The third-order valence-electron chi connectivity index (χ3n) is 10.9. The zero-order chi connectivity index (χ0) is 51.8. The number of carboxylic acids is 4. The first-order chi connectivity index (χ1) is 33.6. The number of unbranched alkanes of at least 4 members (excludes halogenated alkanes) is 13. The van der Waals surface area contributed by atoms with Crippen LogP contribution in [0.2, 0.25) is 0 Å². The van der Waals surface area contributed by atoms with E-state index in [0.29, 0.717) is 39.4 Å². The SMILES string of the molecule is NC1OC1COCCOCCNC(=O)COCCOCCNC(=O)CCC(NC(=O)CC[C@H](NC(=O)CC[C@H](NC(=O)CCCCCCCCCCCCCCCCC(=O)O)C(=O)O)C(=O)O)C(=O)O. The van der Waals surface area contributed by atoms with Gasteiger partial charge in [0.25, 0.3) is 0 Å². The van der Waals surface area contributed by atoms with Crippen LogP contribution in [0.4, 0.5) is 0 Å². The first-order valence-electron chi connectivity index (χ1n) is 24.6. The molecule has 3 unspecified atom stereocenters. The minimum Gasteiger partial charge on any atom is -0.481 e. The molecule has 0 aromatic carbocycles. The number of amides is 5. The molecule has 0 saturated carbocycles. The molecular formula is C46H80N6O18. The van der Waals surface area contributed by atoms with Gasteiger partial charge in [0.1, 0.15) is 37.1 Å². The lowest BCUT2D eigenvalue weighted by molar-refractivity contribution is -0.144. The Labute approximate surface area is 409 Å². The van der Waals surface area contributed by atoms with E-state index in [1.807, 2.05) is 0 Å². The van der Waals surface area contributed by atoms with Gasteiger partial charge in [0, 0.05) is 45.2 Å². The van der Waals surface area contributed by atoms with Crippen LogP contribution in [0.15, 0.2) is 0 Å². The van der Waals surface area contributed by atoms with Crippen molar-refractivity contribution >= 4 is 53.4 Å². The summed E-state index contributed by atoms with van der Waals surface area (Å²) < 4.78 is 26.3. The van der Waals surface area contributed by atoms with Crippen molar-refractivity contribution < 1.29 is 87.3 Å². The van der Waals surface area contributed by atoms with Crippen LogP contribution in [0, 0.1) is 0 Å². The molecule has 1 rings (SSSR count). The van der Waals surface area contributed by atoms with E-state index in [-0.39, 0.29) is 83.3 Å². The highest BCUT2D eigenvalue weighted by Crippen LogP contribution is 2.16. The van der Waals surface area contributed by atoms with E-state index in [1.54, 1.807) is 0 Å². The Morgan fingerprint density at radius 1 is 0.429 bits per heavy atom. The molecular weight excluding hydrogens is 925 g/mol. The second-order valence-corrected chi connectivity index (χ2v) is 17.0. The van der Waals surface area contributed by atoms with E-state index in [4.69, 9.17) is 34.5 Å². The van der Waals surface area contributed by atoms with Crippen molar-refractivity contribution in [1.82, 2.24) is 26.6 Å². The Morgan fingerprint density at radius 2 is 0.771 bits per heavy atom. The van der Waals surface area contributed by atoms with Crippen LogP contribution < -0.4 is 32.3 Å². The molecule has 11 N–H and O–H groups in total. The van der Waals surface area contributed by atoms with Gasteiger partial charge in [-0.25, -0.2) is 14.4 Å². The summed E-state index contributed by atoms with van der Waals surface area (Å²) in [6.07, 6.45) is 12.1. The number of nitrogens with one attached hydrogen (secondary N) is 5. The number of carboxylic acid groups (broad SMARTS) is 4. The van der Waals surface area contributed by atoms with Crippen LogP contribution in [0.1, 0.15) is 141 Å². The van der Waals surface area contributed by atoms with Crippen molar-refractivity contribution in [2.45, 2.75) is 172 Å². The van der Waals surface area contributed by atoms with Crippen LogP contribution in [0.5, 0.6) is 0 Å². The van der Waals surface area contributed by atoms with Crippen molar-refractivity contribution in [3.8, 4) is 0 Å². The Bertz CT molecular complexity index is 1560. The average molecular weight is 1010 g/mol. The summed E-state index contributed by atoms with van der Waals surface area (Å²) in [6, 6.07) is -4.41. The molecule has 0 aromatic heterocycles. The molecule has 0 bridgehead atoms. The third kappa shape index (κ3) is 36.9. The lowest BCUT2D eigenvalue weighted by Gasteiger charge is -2.18. The van der Waals surface area contributed by atoms with Crippen molar-refractivity contribution in [3.63, 3.8) is 0 Å². The van der Waals surface area contributed by atoms with Gasteiger partial charge in [0.15, 0.2) is 0 Å². The fourth-order valence-electron chi connectivity index (χ4n) is 6.84. The van der Waals surface area contributed by atoms with Gasteiger partial charge < -0.3 is 76.4 Å². The number of ether oxygens (including phenoxy) is 5. The van der Waals surface area contributed by atoms with E-state index in [1.165, 1.54) is 25.7 Å². The smallest absolute Gasteiger partial charge is 0.326 e. The Balaban J connectivity index is 2.17. The van der Waals surface area contributed by atoms with Crippen molar-refractivity contribution in [1.29, 1.82) is 0 Å². The molecule has 24 heteroatoms. The molecule has 70 heavy (non-hydrogen) atoms. The van der Waals surface area contributed by atoms with E-state index >= 15 is 0 Å². The van der Waals surface area contributed by atoms with E-state index < -0.39 is 84.9 Å². The van der Waals surface area contributed by atoms with Crippen LogP contribution in [-0.2, 0) is 66.8 Å². The maximum absolute atomic E-state index is 12.6. The Hall–Kier alpha value is -5.01. The zero-order valence-electron chi connectivity index (χ0n) is 40.6. The highest BCUT2D eigenvalue weighted by molar-refractivity contribution is 5.87. The maximum atomic E-state index is 12.6. The molecule has 0 aliphatic carbocycles. The molecule has 24 nitrogen and oxygen atoms in total. The highest BCUT2D eigenvalue weighted by Gasteiger charge is 2.35. The Morgan fingerprint density at radius 3 is 1.17 bits per heavy atom. The highest BCUT2D eigenvalue weighted by atomic mass is 16.6. The number of aliphatic carboxylic acids is 4. The molecule has 5 atom stereocenters. The number of carbonyl (C=O) groups excluding carboxylic acids is 5. The first-order valence-corrected chi connectivity index (χ1v) is 24.6. The van der Waals surface area contributed by atoms with Gasteiger partial charge in [-0.05, 0) is 32.1 Å². The van der Waals surface area contributed by atoms with Crippen LogP contribution in [0.25, 0.3) is 0 Å². The molecule has 1 heterocycles.